The van der Waals surface area contributed by atoms with E-state index in [1.165, 1.54) is 0 Å². The van der Waals surface area contributed by atoms with E-state index in [4.69, 9.17) is 0 Å². The molecule has 0 amide bonds. The second-order valence-electron chi connectivity index (χ2n) is 5.49. The highest BCUT2D eigenvalue weighted by atomic mass is 19.3. The molecule has 1 aliphatic carbocycles. The Balaban J connectivity index is 2.41. The number of halogens is 2. The Morgan fingerprint density at radius 2 is 2.05 bits per heavy atom. The number of carboxylic acid groups (broad SMARTS) is 1. The first kappa shape index (κ1) is 13.8. The predicted octanol–water partition coefficient (Wildman–Crippen LogP) is 3.42. The quantitative estimate of drug-likeness (QED) is 0.911. The summed E-state index contributed by atoms with van der Waals surface area (Å²) in [5.74, 6) is -1.65. The van der Waals surface area contributed by atoms with E-state index in [1.807, 2.05) is 13.8 Å². The lowest BCUT2D eigenvalue weighted by molar-refractivity contribution is -0.139. The van der Waals surface area contributed by atoms with Crippen molar-refractivity contribution in [2.24, 2.45) is 11.3 Å². The summed E-state index contributed by atoms with van der Waals surface area (Å²) >= 11 is 0. The minimum absolute atomic E-state index is 0.110. The number of hydrogen-bond acceptors (Lipinski definition) is 2. The van der Waals surface area contributed by atoms with Crippen LogP contribution in [0.25, 0.3) is 0 Å². The van der Waals surface area contributed by atoms with E-state index >= 15 is 0 Å². The molecule has 1 fully saturated rings. The van der Waals surface area contributed by atoms with Crippen LogP contribution in [0.5, 0.6) is 5.75 Å². The van der Waals surface area contributed by atoms with Gasteiger partial charge in [0.15, 0.2) is 0 Å². The third-order valence-corrected chi connectivity index (χ3v) is 3.88. The van der Waals surface area contributed by atoms with E-state index in [0.29, 0.717) is 11.1 Å². The number of aryl methyl sites for hydroxylation is 1. The number of aliphatic carboxylic acids is 1. The molecule has 1 aliphatic rings. The fourth-order valence-electron chi connectivity index (χ4n) is 2.85. The van der Waals surface area contributed by atoms with Crippen LogP contribution in [0, 0.1) is 18.3 Å². The fraction of sp³-hybridized carbons (Fsp3) is 0.500. The van der Waals surface area contributed by atoms with Crippen LogP contribution in [0.1, 0.15) is 30.9 Å². The van der Waals surface area contributed by atoms with Gasteiger partial charge in [0.25, 0.3) is 0 Å². The second-order valence-corrected chi connectivity index (χ2v) is 5.49. The highest BCUT2D eigenvalue weighted by molar-refractivity contribution is 5.78. The van der Waals surface area contributed by atoms with Crippen LogP contribution in [0.3, 0.4) is 0 Å². The summed E-state index contributed by atoms with van der Waals surface area (Å²) in [5, 5.41) is 9.17. The molecule has 0 unspecified atom stereocenters. The second kappa shape index (κ2) is 4.47. The molecule has 1 saturated carbocycles. The molecule has 0 bridgehead atoms. The van der Waals surface area contributed by atoms with E-state index < -0.39 is 23.9 Å². The number of rotatable bonds is 4. The molecular weight excluding hydrogens is 254 g/mol. The summed E-state index contributed by atoms with van der Waals surface area (Å²) in [4.78, 5) is 11.2. The van der Waals surface area contributed by atoms with Crippen LogP contribution in [-0.2, 0) is 4.79 Å². The third-order valence-electron chi connectivity index (χ3n) is 3.88. The first-order chi connectivity index (χ1) is 8.76. The number of ether oxygens (including phenoxy) is 1. The topological polar surface area (TPSA) is 46.5 Å². The first-order valence-corrected chi connectivity index (χ1v) is 6.04. The Labute approximate surface area is 110 Å². The molecule has 2 rings (SSSR count). The predicted molar refractivity (Wildman–Crippen MR) is 65.5 cm³/mol. The maximum atomic E-state index is 12.5. The molecule has 0 heterocycles. The minimum Gasteiger partial charge on any atom is -0.481 e. The van der Waals surface area contributed by atoms with Crippen molar-refractivity contribution in [2.75, 3.05) is 0 Å². The highest BCUT2D eigenvalue weighted by Crippen LogP contribution is 2.66. The summed E-state index contributed by atoms with van der Waals surface area (Å²) in [7, 11) is 0. The van der Waals surface area contributed by atoms with Crippen LogP contribution < -0.4 is 4.74 Å². The van der Waals surface area contributed by atoms with Gasteiger partial charge in [-0.05, 0) is 23.5 Å². The molecule has 0 radical (unpaired) electrons. The van der Waals surface area contributed by atoms with Gasteiger partial charge in [0.05, 0.1) is 5.92 Å². The monoisotopic (exact) mass is 270 g/mol. The lowest BCUT2D eigenvalue weighted by Gasteiger charge is -2.14. The molecule has 0 saturated heterocycles. The molecule has 3 nitrogen and oxygen atoms in total. The normalized spacial score (nSPS) is 24.3. The molecule has 1 aromatic rings. The molecule has 5 heteroatoms. The first-order valence-electron chi connectivity index (χ1n) is 6.04. The summed E-state index contributed by atoms with van der Waals surface area (Å²) in [6.45, 7) is 2.41. The number of benzene rings is 1. The van der Waals surface area contributed by atoms with Gasteiger partial charge in [-0.3, -0.25) is 4.79 Å². The number of alkyl halides is 2. The molecule has 2 atom stereocenters. The largest absolute Gasteiger partial charge is 0.481 e. The molecule has 0 aromatic heterocycles. The van der Waals surface area contributed by atoms with E-state index in [9.17, 15) is 18.7 Å². The van der Waals surface area contributed by atoms with E-state index in [0.717, 1.165) is 0 Å². The van der Waals surface area contributed by atoms with Gasteiger partial charge >= 0.3 is 12.6 Å². The fourth-order valence-corrected chi connectivity index (χ4v) is 2.85. The Hall–Kier alpha value is -1.65. The van der Waals surface area contributed by atoms with Crippen molar-refractivity contribution in [3.05, 3.63) is 29.3 Å². The molecule has 1 N–H and O–H groups in total. The van der Waals surface area contributed by atoms with Gasteiger partial charge in [0.1, 0.15) is 5.75 Å². The van der Waals surface area contributed by atoms with Gasteiger partial charge in [-0.2, -0.15) is 8.78 Å². The average molecular weight is 270 g/mol. The standard InChI is InChI=1S/C14H16F2O3/c1-7-5-4-6-8(11(7)19-13(15)16)9-10(12(17)18)14(9,2)3/h4-6,9-10,13H,1-3H3,(H,17,18)/t9-,10+/m1/s1. The van der Waals surface area contributed by atoms with Crippen molar-refractivity contribution in [2.45, 2.75) is 33.3 Å². The molecule has 1 aromatic carbocycles. The van der Waals surface area contributed by atoms with Crippen LogP contribution >= 0.6 is 0 Å². The van der Waals surface area contributed by atoms with Crippen molar-refractivity contribution >= 4 is 5.97 Å². The zero-order valence-electron chi connectivity index (χ0n) is 11.0. The Morgan fingerprint density at radius 3 is 2.53 bits per heavy atom. The number of carbonyl (C=O) groups is 1. The maximum Gasteiger partial charge on any atom is 0.387 e. The average Bonchev–Trinajstić information content (AvgIpc) is 2.84. The van der Waals surface area contributed by atoms with Gasteiger partial charge in [-0.25, -0.2) is 0 Å². The van der Waals surface area contributed by atoms with Crippen LogP contribution in [0.15, 0.2) is 18.2 Å². The lowest BCUT2D eigenvalue weighted by Crippen LogP contribution is -2.07. The summed E-state index contributed by atoms with van der Waals surface area (Å²) in [6.07, 6.45) is 0. The Bertz CT molecular complexity index is 511. The van der Waals surface area contributed by atoms with Crippen molar-refractivity contribution < 1.29 is 23.4 Å². The van der Waals surface area contributed by atoms with E-state index in [-0.39, 0.29) is 11.7 Å². The zero-order valence-corrected chi connectivity index (χ0v) is 11.0. The molecule has 19 heavy (non-hydrogen) atoms. The summed E-state index contributed by atoms with van der Waals surface area (Å²) < 4.78 is 29.5. The van der Waals surface area contributed by atoms with Crippen molar-refractivity contribution in [3.8, 4) is 5.75 Å². The number of hydrogen-bond donors (Lipinski definition) is 1. The van der Waals surface area contributed by atoms with E-state index in [2.05, 4.69) is 4.74 Å². The summed E-state index contributed by atoms with van der Waals surface area (Å²) in [6, 6.07) is 5.07. The lowest BCUT2D eigenvalue weighted by atomic mass is 10.00. The van der Waals surface area contributed by atoms with Gasteiger partial charge in [0.2, 0.25) is 0 Å². The van der Waals surface area contributed by atoms with Gasteiger partial charge in [-0.15, -0.1) is 0 Å². The summed E-state index contributed by atoms with van der Waals surface area (Å²) in [5.41, 5.74) is 0.696. The molecule has 0 spiro atoms. The van der Waals surface area contributed by atoms with E-state index in [1.54, 1.807) is 25.1 Å². The van der Waals surface area contributed by atoms with Crippen LogP contribution in [0.4, 0.5) is 8.78 Å². The van der Waals surface area contributed by atoms with Crippen molar-refractivity contribution in [3.63, 3.8) is 0 Å². The smallest absolute Gasteiger partial charge is 0.387 e. The maximum absolute atomic E-state index is 12.5. The van der Waals surface area contributed by atoms with Crippen LogP contribution in [0.2, 0.25) is 0 Å². The number of carboxylic acids is 1. The Kier molecular flexibility index (Phi) is 3.24. The SMILES string of the molecule is Cc1cccc([C@@H]2[C@@H](C(=O)O)C2(C)C)c1OC(F)F. The van der Waals surface area contributed by atoms with Gasteiger partial charge < -0.3 is 9.84 Å². The minimum atomic E-state index is -2.91. The van der Waals surface area contributed by atoms with Crippen molar-refractivity contribution in [1.29, 1.82) is 0 Å². The van der Waals surface area contributed by atoms with Crippen molar-refractivity contribution in [1.82, 2.24) is 0 Å². The third kappa shape index (κ3) is 2.29. The molecular formula is C14H16F2O3. The van der Waals surface area contributed by atoms with Gasteiger partial charge in [-0.1, -0.05) is 32.0 Å². The number of para-hydroxylation sites is 1. The molecule has 0 aliphatic heterocycles. The molecule has 104 valence electrons. The highest BCUT2D eigenvalue weighted by Gasteiger charge is 2.63. The zero-order chi connectivity index (χ0) is 14.4. The Morgan fingerprint density at radius 1 is 1.42 bits per heavy atom. The van der Waals surface area contributed by atoms with Crippen LogP contribution in [-0.4, -0.2) is 17.7 Å². The van der Waals surface area contributed by atoms with Gasteiger partial charge in [0, 0.05) is 5.92 Å².